The van der Waals surface area contributed by atoms with Gasteiger partial charge >= 0.3 is 0 Å². The lowest BCUT2D eigenvalue weighted by Gasteiger charge is -2.08. The second-order valence-electron chi connectivity index (χ2n) is 9.41. The molecular weight excluding hydrogens is 430 g/mol. The van der Waals surface area contributed by atoms with Crippen molar-refractivity contribution in [2.75, 3.05) is 0 Å². The molecule has 0 bridgehead atoms. The van der Waals surface area contributed by atoms with E-state index in [-0.39, 0.29) is 0 Å². The molecule has 3 heterocycles. The summed E-state index contributed by atoms with van der Waals surface area (Å²) in [5.41, 5.74) is 6.24. The number of nitrogens with zero attached hydrogens (tertiary/aromatic N) is 1. The van der Waals surface area contributed by atoms with E-state index in [1.807, 2.05) is 42.6 Å². The van der Waals surface area contributed by atoms with Gasteiger partial charge in [-0.3, -0.25) is 0 Å². The van der Waals surface area contributed by atoms with E-state index < -0.39 is 0 Å². The number of hydrogen-bond acceptors (Lipinski definition) is 2. The predicted molar refractivity (Wildman–Crippen MR) is 146 cm³/mol. The van der Waals surface area contributed by atoms with E-state index in [2.05, 4.69) is 47.2 Å². The molecule has 3 aromatic rings. The Hall–Kier alpha value is -3.27. The van der Waals surface area contributed by atoms with Crippen LogP contribution in [0.15, 0.2) is 83.3 Å². The van der Waals surface area contributed by atoms with E-state index >= 15 is 0 Å². The molecule has 0 aliphatic carbocycles. The molecular formula is C31H39N3O. The summed E-state index contributed by atoms with van der Waals surface area (Å²) < 4.78 is 6.19. The highest BCUT2D eigenvalue weighted by atomic mass is 16.5. The molecule has 4 heteroatoms. The second kappa shape index (κ2) is 13.6. The Balaban J connectivity index is 1.31. The minimum Gasteiger partial charge on any atom is -0.487 e. The van der Waals surface area contributed by atoms with Crippen molar-refractivity contribution in [2.24, 2.45) is 4.99 Å². The molecule has 1 aliphatic rings. The Kier molecular flexibility index (Phi) is 9.64. The monoisotopic (exact) mass is 469 g/mol. The lowest BCUT2D eigenvalue weighted by molar-refractivity contribution is 0.208. The average molecular weight is 470 g/mol. The van der Waals surface area contributed by atoms with Gasteiger partial charge in [0, 0.05) is 23.7 Å². The largest absolute Gasteiger partial charge is 0.487 e. The minimum atomic E-state index is 0.520. The Bertz CT molecular complexity index is 1100. The van der Waals surface area contributed by atoms with Crippen molar-refractivity contribution < 1.29 is 4.74 Å². The maximum atomic E-state index is 6.19. The van der Waals surface area contributed by atoms with Gasteiger partial charge in [-0.05, 0) is 48.7 Å². The van der Waals surface area contributed by atoms with Crippen LogP contribution in [0.1, 0.15) is 87.4 Å². The first kappa shape index (κ1) is 24.8. The van der Waals surface area contributed by atoms with E-state index in [1.54, 1.807) is 0 Å². The third-order valence-corrected chi connectivity index (χ3v) is 6.48. The number of aryl methyl sites for hydroxylation is 1. The van der Waals surface area contributed by atoms with Crippen LogP contribution >= 0.6 is 0 Å². The summed E-state index contributed by atoms with van der Waals surface area (Å²) in [7, 11) is 0. The van der Waals surface area contributed by atoms with Crippen LogP contribution in [0.3, 0.4) is 0 Å². The fraction of sp³-hybridized carbons (Fsp3) is 0.387. The molecule has 35 heavy (non-hydrogen) atoms. The molecule has 0 fully saturated rings. The van der Waals surface area contributed by atoms with Crippen molar-refractivity contribution in [3.8, 4) is 0 Å². The quantitative estimate of drug-likeness (QED) is 0.216. The highest BCUT2D eigenvalue weighted by Crippen LogP contribution is 2.26. The molecule has 4 rings (SSSR count). The molecule has 1 aromatic carbocycles. The van der Waals surface area contributed by atoms with Gasteiger partial charge in [-0.25, -0.2) is 4.99 Å². The first-order valence-corrected chi connectivity index (χ1v) is 13.3. The fourth-order valence-electron chi connectivity index (χ4n) is 4.46. The third kappa shape index (κ3) is 7.88. The van der Waals surface area contributed by atoms with Gasteiger partial charge in [-0.2, -0.15) is 0 Å². The summed E-state index contributed by atoms with van der Waals surface area (Å²) in [6.45, 7) is 2.80. The number of allylic oxidation sites excluding steroid dienone is 1. The third-order valence-electron chi connectivity index (χ3n) is 6.48. The zero-order valence-corrected chi connectivity index (χ0v) is 21.1. The van der Waals surface area contributed by atoms with Crippen LogP contribution in [0.5, 0.6) is 0 Å². The highest BCUT2D eigenvalue weighted by Gasteiger charge is 2.18. The van der Waals surface area contributed by atoms with Gasteiger partial charge < -0.3 is 14.7 Å². The zero-order chi connectivity index (χ0) is 24.1. The van der Waals surface area contributed by atoms with Crippen LogP contribution in [-0.4, -0.2) is 15.7 Å². The van der Waals surface area contributed by atoms with Crippen LogP contribution in [0.4, 0.5) is 0 Å². The maximum absolute atomic E-state index is 6.19. The topological polar surface area (TPSA) is 53.2 Å². The number of unbranched alkanes of at least 4 members (excludes halogenated alkanes) is 8. The summed E-state index contributed by atoms with van der Waals surface area (Å²) in [6.07, 6.45) is 19.3. The van der Waals surface area contributed by atoms with Crippen molar-refractivity contribution >= 4 is 11.8 Å². The molecule has 2 N–H and O–H groups in total. The van der Waals surface area contributed by atoms with Crippen LogP contribution in [0.2, 0.25) is 0 Å². The van der Waals surface area contributed by atoms with Crippen molar-refractivity contribution in [2.45, 2.75) is 77.7 Å². The molecule has 0 radical (unpaired) electrons. The normalized spacial score (nSPS) is 14.4. The van der Waals surface area contributed by atoms with Crippen LogP contribution < -0.4 is 0 Å². The molecule has 0 spiro atoms. The number of aromatic nitrogens is 2. The molecule has 0 atom stereocenters. The van der Waals surface area contributed by atoms with Crippen molar-refractivity contribution in [3.05, 3.63) is 101 Å². The minimum absolute atomic E-state index is 0.520. The van der Waals surface area contributed by atoms with E-state index in [0.717, 1.165) is 40.5 Å². The van der Waals surface area contributed by atoms with Crippen LogP contribution in [0.25, 0.3) is 6.08 Å². The molecule has 0 saturated carbocycles. The Morgan fingerprint density at radius 3 is 2.34 bits per heavy atom. The summed E-state index contributed by atoms with van der Waals surface area (Å²) in [5.74, 6) is 0.800. The lowest BCUT2D eigenvalue weighted by Crippen LogP contribution is -1.95. The standard InChI is InChI=1S/C31H39N3O/c1-2-3-4-5-6-7-8-9-13-17-26-19-20-27(33-26)22-30-31(35-24-25-15-11-10-12-16-25)23-29(34-30)28-18-14-21-32-28/h10-12,14-16,18-23,32-33H,2-9,13,17,24H2,1H3. The van der Waals surface area contributed by atoms with E-state index in [1.165, 1.54) is 63.5 Å². The van der Waals surface area contributed by atoms with Crippen molar-refractivity contribution in [1.82, 2.24) is 9.97 Å². The molecule has 1 aliphatic heterocycles. The molecule has 184 valence electrons. The molecule has 0 unspecified atom stereocenters. The Morgan fingerprint density at radius 2 is 1.60 bits per heavy atom. The number of aliphatic imine (C=N–C) groups is 1. The van der Waals surface area contributed by atoms with Gasteiger partial charge in [0.05, 0.1) is 11.4 Å². The number of nitrogens with one attached hydrogen (secondary N) is 2. The van der Waals surface area contributed by atoms with Crippen LogP contribution in [0, 0.1) is 0 Å². The molecule has 2 aromatic heterocycles. The van der Waals surface area contributed by atoms with E-state index in [0.29, 0.717) is 6.61 Å². The number of aromatic amines is 2. The second-order valence-corrected chi connectivity index (χ2v) is 9.41. The SMILES string of the molecule is CCCCCCCCCCCc1ccc(C=C2N=C(c3ccc[nH]3)C=C2OCc2ccccc2)[nH]1. The van der Waals surface area contributed by atoms with Gasteiger partial charge in [0.15, 0.2) is 0 Å². The van der Waals surface area contributed by atoms with E-state index in [9.17, 15) is 0 Å². The Labute approximate surface area is 210 Å². The first-order chi connectivity index (χ1) is 17.3. The van der Waals surface area contributed by atoms with Gasteiger partial charge in [-0.15, -0.1) is 0 Å². The number of ether oxygens (including phenoxy) is 1. The highest BCUT2D eigenvalue weighted by molar-refractivity contribution is 6.11. The van der Waals surface area contributed by atoms with Gasteiger partial charge in [-0.1, -0.05) is 88.6 Å². The maximum Gasteiger partial charge on any atom is 0.147 e. The fourth-order valence-corrected chi connectivity index (χ4v) is 4.46. The zero-order valence-electron chi connectivity index (χ0n) is 21.1. The molecule has 0 saturated heterocycles. The average Bonchev–Trinajstić information content (AvgIpc) is 3.64. The van der Waals surface area contributed by atoms with Gasteiger partial charge in [0.25, 0.3) is 0 Å². The summed E-state index contributed by atoms with van der Waals surface area (Å²) in [6, 6.07) is 18.6. The smallest absolute Gasteiger partial charge is 0.147 e. The van der Waals surface area contributed by atoms with Crippen molar-refractivity contribution in [1.29, 1.82) is 0 Å². The first-order valence-electron chi connectivity index (χ1n) is 13.3. The van der Waals surface area contributed by atoms with Crippen LogP contribution in [-0.2, 0) is 17.8 Å². The lowest BCUT2D eigenvalue weighted by atomic mass is 10.1. The number of hydrogen-bond donors (Lipinski definition) is 2. The summed E-state index contributed by atoms with van der Waals surface area (Å²) in [5, 5.41) is 0. The molecule has 0 amide bonds. The van der Waals surface area contributed by atoms with Gasteiger partial charge in [0.1, 0.15) is 18.1 Å². The summed E-state index contributed by atoms with van der Waals surface area (Å²) >= 11 is 0. The molecule has 4 nitrogen and oxygen atoms in total. The predicted octanol–water partition coefficient (Wildman–Crippen LogP) is 8.36. The summed E-state index contributed by atoms with van der Waals surface area (Å²) in [4.78, 5) is 11.7. The number of rotatable bonds is 15. The Morgan fingerprint density at radius 1 is 0.829 bits per heavy atom. The number of H-pyrrole nitrogens is 2. The van der Waals surface area contributed by atoms with E-state index in [4.69, 9.17) is 9.73 Å². The van der Waals surface area contributed by atoms with Crippen molar-refractivity contribution in [3.63, 3.8) is 0 Å². The van der Waals surface area contributed by atoms with Gasteiger partial charge in [0.2, 0.25) is 0 Å². The number of benzene rings is 1.